The van der Waals surface area contributed by atoms with Crippen LogP contribution in [0.4, 0.5) is 5.82 Å². The molecule has 29 heavy (non-hydrogen) atoms. The van der Waals surface area contributed by atoms with Crippen molar-refractivity contribution in [3.8, 4) is 5.69 Å². The van der Waals surface area contributed by atoms with Crippen LogP contribution in [0.1, 0.15) is 29.9 Å². The minimum absolute atomic E-state index is 0.144. The van der Waals surface area contributed by atoms with E-state index < -0.39 is 0 Å². The molecule has 0 unspecified atom stereocenters. The molecule has 1 heterocycles. The van der Waals surface area contributed by atoms with Crippen molar-refractivity contribution in [2.75, 3.05) is 11.9 Å². The van der Waals surface area contributed by atoms with Crippen LogP contribution < -0.4 is 10.6 Å². The molecule has 0 bridgehead atoms. The summed E-state index contributed by atoms with van der Waals surface area (Å²) in [5, 5.41) is 10.8. The molecule has 0 radical (unpaired) electrons. The smallest absolute Gasteiger partial charge is 0.271 e. The molecular formula is C22H23ClN4O2. The zero-order chi connectivity index (χ0) is 20.8. The Morgan fingerprint density at radius 3 is 2.52 bits per heavy atom. The van der Waals surface area contributed by atoms with Gasteiger partial charge in [-0.05, 0) is 36.2 Å². The Bertz CT molecular complexity index is 999. The summed E-state index contributed by atoms with van der Waals surface area (Å²) in [6.45, 7) is 4.06. The second-order valence-corrected chi connectivity index (χ2v) is 7.38. The number of carbonyl (C=O) groups is 2. The molecule has 0 spiro atoms. The zero-order valence-corrected chi connectivity index (χ0v) is 17.1. The first-order valence-electron chi connectivity index (χ1n) is 9.43. The van der Waals surface area contributed by atoms with E-state index in [-0.39, 0.29) is 23.4 Å². The van der Waals surface area contributed by atoms with Gasteiger partial charge in [-0.25, -0.2) is 4.68 Å². The van der Waals surface area contributed by atoms with Gasteiger partial charge in [0.1, 0.15) is 5.82 Å². The Balaban J connectivity index is 1.75. The normalized spacial score (nSPS) is 10.8. The molecule has 1 aromatic heterocycles. The predicted molar refractivity (Wildman–Crippen MR) is 115 cm³/mol. The van der Waals surface area contributed by atoms with Crippen LogP contribution in [0.5, 0.6) is 0 Å². The second-order valence-electron chi connectivity index (χ2n) is 6.94. The van der Waals surface area contributed by atoms with Gasteiger partial charge in [0.05, 0.1) is 5.69 Å². The van der Waals surface area contributed by atoms with Crippen LogP contribution in [-0.2, 0) is 11.2 Å². The topological polar surface area (TPSA) is 76.0 Å². The molecule has 7 heteroatoms. The van der Waals surface area contributed by atoms with Crippen molar-refractivity contribution in [3.63, 3.8) is 0 Å². The largest absolute Gasteiger partial charge is 0.350 e. The summed E-state index contributed by atoms with van der Waals surface area (Å²) in [7, 11) is 0. The molecule has 3 aromatic rings. The van der Waals surface area contributed by atoms with Gasteiger partial charge in [-0.1, -0.05) is 55.8 Å². The molecule has 6 nitrogen and oxygen atoms in total. The summed E-state index contributed by atoms with van der Waals surface area (Å²) in [4.78, 5) is 24.8. The SMILES string of the molecule is CC(C)C(=O)Nc1cc(C(=O)NCCc2cccc(Cl)c2)nn1-c1ccccc1. The van der Waals surface area contributed by atoms with E-state index in [9.17, 15) is 9.59 Å². The number of rotatable bonds is 7. The van der Waals surface area contributed by atoms with Crippen LogP contribution >= 0.6 is 11.6 Å². The van der Waals surface area contributed by atoms with Crippen molar-refractivity contribution in [1.82, 2.24) is 15.1 Å². The molecule has 0 atom stereocenters. The van der Waals surface area contributed by atoms with Crippen LogP contribution in [0.15, 0.2) is 60.7 Å². The quantitative estimate of drug-likeness (QED) is 0.615. The molecule has 0 aliphatic rings. The highest BCUT2D eigenvalue weighted by atomic mass is 35.5. The molecule has 0 fully saturated rings. The van der Waals surface area contributed by atoms with E-state index in [0.717, 1.165) is 11.3 Å². The molecule has 2 amide bonds. The number of anilines is 1. The van der Waals surface area contributed by atoms with Crippen molar-refractivity contribution >= 4 is 29.2 Å². The summed E-state index contributed by atoms with van der Waals surface area (Å²) in [5.41, 5.74) is 2.03. The van der Waals surface area contributed by atoms with Gasteiger partial charge in [0.2, 0.25) is 5.91 Å². The first kappa shape index (κ1) is 20.6. The fourth-order valence-electron chi connectivity index (χ4n) is 2.72. The lowest BCUT2D eigenvalue weighted by molar-refractivity contribution is -0.118. The second kappa shape index (κ2) is 9.39. The number of para-hydroxylation sites is 1. The third kappa shape index (κ3) is 5.45. The van der Waals surface area contributed by atoms with Crippen molar-refractivity contribution in [3.05, 3.63) is 76.9 Å². The van der Waals surface area contributed by atoms with E-state index in [4.69, 9.17) is 11.6 Å². The Labute approximate surface area is 174 Å². The maximum atomic E-state index is 12.6. The molecule has 0 saturated carbocycles. The maximum Gasteiger partial charge on any atom is 0.271 e. The van der Waals surface area contributed by atoms with E-state index in [2.05, 4.69) is 15.7 Å². The number of carbonyl (C=O) groups excluding carboxylic acids is 2. The highest BCUT2D eigenvalue weighted by molar-refractivity contribution is 6.30. The summed E-state index contributed by atoms with van der Waals surface area (Å²) < 4.78 is 1.56. The number of aromatic nitrogens is 2. The fraction of sp³-hybridized carbons (Fsp3) is 0.227. The number of benzene rings is 2. The van der Waals surface area contributed by atoms with E-state index in [1.54, 1.807) is 10.7 Å². The molecule has 0 aliphatic carbocycles. The number of hydrogen-bond donors (Lipinski definition) is 2. The van der Waals surface area contributed by atoms with Crippen molar-refractivity contribution < 1.29 is 9.59 Å². The average molecular weight is 411 g/mol. The monoisotopic (exact) mass is 410 g/mol. The van der Waals surface area contributed by atoms with Gasteiger partial charge in [-0.15, -0.1) is 0 Å². The van der Waals surface area contributed by atoms with E-state index in [0.29, 0.717) is 23.8 Å². The van der Waals surface area contributed by atoms with Gasteiger partial charge in [-0.2, -0.15) is 5.10 Å². The third-order valence-electron chi connectivity index (χ3n) is 4.31. The predicted octanol–water partition coefficient (Wildman–Crippen LogP) is 4.09. The first-order valence-corrected chi connectivity index (χ1v) is 9.81. The van der Waals surface area contributed by atoms with Crippen LogP contribution in [-0.4, -0.2) is 28.1 Å². The highest BCUT2D eigenvalue weighted by Gasteiger charge is 2.18. The van der Waals surface area contributed by atoms with Crippen LogP contribution in [0.25, 0.3) is 5.69 Å². The van der Waals surface area contributed by atoms with E-state index in [1.807, 2.05) is 68.4 Å². The molecule has 150 valence electrons. The number of nitrogens with one attached hydrogen (secondary N) is 2. The lowest BCUT2D eigenvalue weighted by atomic mass is 10.1. The van der Waals surface area contributed by atoms with E-state index >= 15 is 0 Å². The van der Waals surface area contributed by atoms with Gasteiger partial charge in [0, 0.05) is 23.6 Å². The molecule has 0 aliphatic heterocycles. The molecule has 2 aromatic carbocycles. The number of hydrogen-bond acceptors (Lipinski definition) is 3. The molecular weight excluding hydrogens is 388 g/mol. The lowest BCUT2D eigenvalue weighted by Crippen LogP contribution is -2.26. The van der Waals surface area contributed by atoms with Crippen molar-refractivity contribution in [2.24, 2.45) is 5.92 Å². The zero-order valence-electron chi connectivity index (χ0n) is 16.4. The average Bonchev–Trinajstić information content (AvgIpc) is 3.12. The number of nitrogens with zero attached hydrogens (tertiary/aromatic N) is 2. The van der Waals surface area contributed by atoms with Gasteiger partial charge >= 0.3 is 0 Å². The van der Waals surface area contributed by atoms with Gasteiger partial charge in [0.15, 0.2) is 5.69 Å². The number of amides is 2. The van der Waals surface area contributed by atoms with Crippen molar-refractivity contribution in [2.45, 2.75) is 20.3 Å². The summed E-state index contributed by atoms with van der Waals surface area (Å²) in [6.07, 6.45) is 0.655. The summed E-state index contributed by atoms with van der Waals surface area (Å²) in [6, 6.07) is 18.5. The van der Waals surface area contributed by atoms with Crippen molar-refractivity contribution in [1.29, 1.82) is 0 Å². The van der Waals surface area contributed by atoms with Crippen LogP contribution in [0.3, 0.4) is 0 Å². The fourth-order valence-corrected chi connectivity index (χ4v) is 2.93. The molecule has 3 rings (SSSR count). The summed E-state index contributed by atoms with van der Waals surface area (Å²) >= 11 is 5.99. The third-order valence-corrected chi connectivity index (χ3v) is 4.54. The minimum atomic E-state index is -0.304. The standard InChI is InChI=1S/C22H23ClN4O2/c1-15(2)21(28)25-20-14-19(26-27(20)18-9-4-3-5-10-18)22(29)24-12-11-16-7-6-8-17(23)13-16/h3-10,13-15H,11-12H2,1-2H3,(H,24,29)(H,25,28). The molecule has 0 saturated heterocycles. The Morgan fingerprint density at radius 1 is 1.07 bits per heavy atom. The Hall–Kier alpha value is -3.12. The first-order chi connectivity index (χ1) is 13.9. The van der Waals surface area contributed by atoms with Crippen LogP contribution in [0, 0.1) is 5.92 Å². The maximum absolute atomic E-state index is 12.6. The lowest BCUT2D eigenvalue weighted by Gasteiger charge is -2.10. The van der Waals surface area contributed by atoms with Gasteiger partial charge < -0.3 is 10.6 Å². The minimum Gasteiger partial charge on any atom is -0.350 e. The van der Waals surface area contributed by atoms with Gasteiger partial charge in [-0.3, -0.25) is 9.59 Å². The van der Waals surface area contributed by atoms with E-state index in [1.165, 1.54) is 0 Å². The Morgan fingerprint density at radius 2 is 1.83 bits per heavy atom. The Kier molecular flexibility index (Phi) is 6.67. The highest BCUT2D eigenvalue weighted by Crippen LogP contribution is 2.18. The molecule has 2 N–H and O–H groups in total. The number of halogens is 1. The van der Waals surface area contributed by atoms with Crippen LogP contribution in [0.2, 0.25) is 5.02 Å². The van der Waals surface area contributed by atoms with Gasteiger partial charge in [0.25, 0.3) is 5.91 Å². The summed E-state index contributed by atoms with van der Waals surface area (Å²) in [5.74, 6) is -0.185.